The summed E-state index contributed by atoms with van der Waals surface area (Å²) >= 11 is 4.02. The first-order valence-corrected chi connectivity index (χ1v) is 11.2. The van der Waals surface area contributed by atoms with Gasteiger partial charge in [0.25, 0.3) is 0 Å². The van der Waals surface area contributed by atoms with Crippen LogP contribution in [0.5, 0.6) is 0 Å². The van der Waals surface area contributed by atoms with Gasteiger partial charge in [-0.05, 0) is 51.5 Å². The topological polar surface area (TPSA) is 159 Å². The second-order valence-electron chi connectivity index (χ2n) is 7.85. The summed E-state index contributed by atoms with van der Waals surface area (Å²) in [5, 5.41) is 12.1. The van der Waals surface area contributed by atoms with Crippen molar-refractivity contribution < 1.29 is 24.3 Å². The van der Waals surface area contributed by atoms with E-state index in [2.05, 4.69) is 17.9 Å². The number of carboxylic acid groups (broad SMARTS) is 1. The molecule has 0 bridgehead atoms. The Morgan fingerprint density at radius 1 is 1.07 bits per heavy atom. The molecule has 170 valence electrons. The molecule has 0 radical (unpaired) electrons. The minimum absolute atomic E-state index is 0.145. The van der Waals surface area contributed by atoms with Gasteiger partial charge in [-0.1, -0.05) is 0 Å². The number of likely N-dealkylation sites (tertiary alicyclic amines) is 2. The molecule has 2 rings (SSSR count). The predicted octanol–water partition coefficient (Wildman–Crippen LogP) is -1.08. The van der Waals surface area contributed by atoms with E-state index in [1.54, 1.807) is 0 Å². The van der Waals surface area contributed by atoms with Crippen LogP contribution >= 0.6 is 12.6 Å². The van der Waals surface area contributed by atoms with Crippen molar-refractivity contribution in [3.63, 3.8) is 0 Å². The van der Waals surface area contributed by atoms with E-state index >= 15 is 0 Å². The van der Waals surface area contributed by atoms with Crippen molar-refractivity contribution in [2.75, 3.05) is 25.4 Å². The van der Waals surface area contributed by atoms with Crippen molar-refractivity contribution >= 4 is 36.3 Å². The minimum Gasteiger partial charge on any atom is -0.480 e. The fraction of sp³-hybridized carbons (Fsp3) is 0.789. The Kier molecular flexibility index (Phi) is 9.37. The smallest absolute Gasteiger partial charge is 0.326 e. The molecule has 0 aromatic heterocycles. The monoisotopic (exact) mass is 443 g/mol. The number of aliphatic carboxylic acids is 1. The number of rotatable bonds is 10. The molecule has 10 nitrogen and oxygen atoms in total. The molecule has 2 fully saturated rings. The summed E-state index contributed by atoms with van der Waals surface area (Å²) in [7, 11) is 0. The number of carbonyl (C=O) groups excluding carboxylic acids is 3. The summed E-state index contributed by atoms with van der Waals surface area (Å²) in [5.74, 6) is -2.02. The number of amides is 3. The Morgan fingerprint density at radius 3 is 2.30 bits per heavy atom. The van der Waals surface area contributed by atoms with Crippen LogP contribution < -0.4 is 16.8 Å². The van der Waals surface area contributed by atoms with Gasteiger partial charge in [0.05, 0.1) is 6.04 Å². The van der Waals surface area contributed by atoms with E-state index in [0.29, 0.717) is 64.6 Å². The molecular weight excluding hydrogens is 410 g/mol. The highest BCUT2D eigenvalue weighted by atomic mass is 32.1. The third kappa shape index (κ3) is 5.86. The van der Waals surface area contributed by atoms with Gasteiger partial charge in [-0.25, -0.2) is 4.79 Å². The highest BCUT2D eigenvalue weighted by molar-refractivity contribution is 7.80. The molecule has 0 aromatic carbocycles. The Labute approximate surface area is 182 Å². The van der Waals surface area contributed by atoms with Gasteiger partial charge in [0.1, 0.15) is 18.1 Å². The summed E-state index contributed by atoms with van der Waals surface area (Å²) in [6.45, 7) is 1.24. The fourth-order valence-corrected chi connectivity index (χ4v) is 4.24. The highest BCUT2D eigenvalue weighted by Crippen LogP contribution is 2.26. The number of nitrogens with one attached hydrogen (secondary N) is 1. The fourth-order valence-electron chi connectivity index (χ4n) is 4.08. The van der Waals surface area contributed by atoms with E-state index in [-0.39, 0.29) is 17.6 Å². The third-order valence-corrected chi connectivity index (χ3v) is 6.13. The number of thiol groups is 1. The van der Waals surface area contributed by atoms with Gasteiger partial charge in [-0.2, -0.15) is 12.6 Å². The van der Waals surface area contributed by atoms with E-state index in [1.807, 2.05) is 0 Å². The lowest BCUT2D eigenvalue weighted by atomic mass is 10.1. The van der Waals surface area contributed by atoms with E-state index < -0.39 is 36.0 Å². The third-order valence-electron chi connectivity index (χ3n) is 5.74. The molecule has 2 heterocycles. The Morgan fingerprint density at radius 2 is 1.70 bits per heavy atom. The van der Waals surface area contributed by atoms with Crippen molar-refractivity contribution in [3.8, 4) is 0 Å². The van der Waals surface area contributed by atoms with Gasteiger partial charge in [0.2, 0.25) is 17.7 Å². The Hall–Kier alpha value is -1.85. The van der Waals surface area contributed by atoms with Gasteiger partial charge < -0.3 is 31.7 Å². The number of hydrogen-bond donors (Lipinski definition) is 5. The SMILES string of the molecule is NCCCCC(NC(=O)C(N)CS)C(=O)N1CCCC1C(=O)N1CCCC1C(=O)O. The standard InChI is InChI=1S/C19H33N5O5S/c20-8-2-1-5-13(22-16(25)12(21)11-30)17(26)23-9-3-6-14(23)18(27)24-10-4-7-15(24)19(28)29/h12-15,30H,1-11,20-21H2,(H,22,25)(H,28,29). The maximum Gasteiger partial charge on any atom is 0.326 e. The van der Waals surface area contributed by atoms with Crippen molar-refractivity contribution in [1.29, 1.82) is 0 Å². The molecule has 30 heavy (non-hydrogen) atoms. The molecule has 2 aliphatic rings. The van der Waals surface area contributed by atoms with Crippen LogP contribution in [0.4, 0.5) is 0 Å². The number of nitrogens with two attached hydrogens (primary N) is 2. The molecule has 4 atom stereocenters. The molecule has 3 amide bonds. The molecule has 0 aliphatic carbocycles. The predicted molar refractivity (Wildman–Crippen MR) is 114 cm³/mol. The van der Waals surface area contributed by atoms with Gasteiger partial charge in [0, 0.05) is 18.8 Å². The van der Waals surface area contributed by atoms with Crippen LogP contribution in [0.15, 0.2) is 0 Å². The maximum atomic E-state index is 13.3. The lowest BCUT2D eigenvalue weighted by Crippen LogP contribution is -2.57. The maximum absolute atomic E-state index is 13.3. The first-order chi connectivity index (χ1) is 14.3. The molecule has 4 unspecified atom stereocenters. The zero-order chi connectivity index (χ0) is 22.3. The first-order valence-electron chi connectivity index (χ1n) is 10.5. The van der Waals surface area contributed by atoms with Crippen LogP contribution in [0.2, 0.25) is 0 Å². The summed E-state index contributed by atoms with van der Waals surface area (Å²) < 4.78 is 0. The van der Waals surface area contributed by atoms with Crippen LogP contribution in [-0.2, 0) is 19.2 Å². The lowest BCUT2D eigenvalue weighted by molar-refractivity contribution is -0.152. The van der Waals surface area contributed by atoms with Crippen LogP contribution in [0, 0.1) is 0 Å². The van der Waals surface area contributed by atoms with Crippen molar-refractivity contribution in [1.82, 2.24) is 15.1 Å². The summed E-state index contributed by atoms with van der Waals surface area (Å²) in [6, 6.07) is -3.19. The van der Waals surface area contributed by atoms with Crippen LogP contribution in [-0.4, -0.2) is 88.2 Å². The summed E-state index contributed by atoms with van der Waals surface area (Å²) in [4.78, 5) is 52.9. The average molecular weight is 444 g/mol. The van der Waals surface area contributed by atoms with Crippen LogP contribution in [0.25, 0.3) is 0 Å². The minimum atomic E-state index is -1.02. The van der Waals surface area contributed by atoms with Gasteiger partial charge in [-0.15, -0.1) is 0 Å². The number of carbonyl (C=O) groups is 4. The van der Waals surface area contributed by atoms with Gasteiger partial charge in [-0.3, -0.25) is 14.4 Å². The van der Waals surface area contributed by atoms with E-state index in [4.69, 9.17) is 11.5 Å². The molecule has 0 saturated carbocycles. The first kappa shape index (κ1) is 24.4. The van der Waals surface area contributed by atoms with Crippen LogP contribution in [0.3, 0.4) is 0 Å². The number of carboxylic acids is 1. The van der Waals surface area contributed by atoms with Crippen LogP contribution in [0.1, 0.15) is 44.9 Å². The van der Waals surface area contributed by atoms with Crippen molar-refractivity contribution in [2.45, 2.75) is 69.1 Å². The van der Waals surface area contributed by atoms with E-state index in [1.165, 1.54) is 9.80 Å². The molecule has 2 aliphatic heterocycles. The summed E-state index contributed by atoms with van der Waals surface area (Å²) in [6.07, 6.45) is 3.90. The normalized spacial score (nSPS) is 23.3. The Bertz CT molecular complexity index is 649. The second-order valence-corrected chi connectivity index (χ2v) is 8.22. The van der Waals surface area contributed by atoms with Gasteiger partial charge in [0.15, 0.2) is 0 Å². The van der Waals surface area contributed by atoms with Crippen molar-refractivity contribution in [2.24, 2.45) is 11.5 Å². The zero-order valence-electron chi connectivity index (χ0n) is 17.2. The Balaban J connectivity index is 2.13. The molecular formula is C19H33N5O5S. The number of unbranched alkanes of at least 4 members (excludes halogenated alkanes) is 1. The number of nitrogens with zero attached hydrogens (tertiary/aromatic N) is 2. The zero-order valence-corrected chi connectivity index (χ0v) is 18.1. The highest BCUT2D eigenvalue weighted by Gasteiger charge is 2.43. The molecule has 0 aromatic rings. The lowest BCUT2D eigenvalue weighted by Gasteiger charge is -2.32. The van der Waals surface area contributed by atoms with E-state index in [9.17, 15) is 24.3 Å². The molecule has 11 heteroatoms. The number of hydrogen-bond acceptors (Lipinski definition) is 7. The molecule has 6 N–H and O–H groups in total. The quantitative estimate of drug-likeness (QED) is 0.212. The molecule has 0 spiro atoms. The molecule has 2 saturated heterocycles. The van der Waals surface area contributed by atoms with E-state index in [0.717, 1.165) is 0 Å². The summed E-state index contributed by atoms with van der Waals surface area (Å²) in [5.41, 5.74) is 11.3. The second kappa shape index (κ2) is 11.5. The largest absolute Gasteiger partial charge is 0.480 e. The van der Waals surface area contributed by atoms with Gasteiger partial charge >= 0.3 is 5.97 Å². The van der Waals surface area contributed by atoms with Crippen molar-refractivity contribution in [3.05, 3.63) is 0 Å². The average Bonchev–Trinajstić information content (AvgIpc) is 3.41.